The van der Waals surface area contributed by atoms with E-state index in [9.17, 15) is 14.9 Å². The van der Waals surface area contributed by atoms with E-state index in [1.54, 1.807) is 12.1 Å². The lowest BCUT2D eigenvalue weighted by atomic mass is 9.75. The number of anilines is 1. The predicted octanol–water partition coefficient (Wildman–Crippen LogP) is 5.11. The minimum Gasteiger partial charge on any atom is -0.342 e. The number of non-ortho nitro benzene ring substituents is 1. The Balaban J connectivity index is 1.68. The number of Topliss-reactive ketones (excluding diaryl/α,β-unsaturated/α-hetero) is 1. The number of nitrogens with one attached hydrogen (secondary N) is 2. The highest BCUT2D eigenvalue weighted by atomic mass is 16.6. The van der Waals surface area contributed by atoms with Gasteiger partial charge in [-0.15, -0.1) is 0 Å². The molecule has 3 aromatic rings. The molecule has 1 atom stereocenters. The van der Waals surface area contributed by atoms with Gasteiger partial charge in [-0.25, -0.2) is 0 Å². The molecule has 5 rings (SSSR count). The number of allylic oxidation sites excluding steroid dienone is 2. The van der Waals surface area contributed by atoms with Crippen molar-refractivity contribution < 1.29 is 9.72 Å². The summed E-state index contributed by atoms with van der Waals surface area (Å²) in [5.41, 5.74) is 6.57. The van der Waals surface area contributed by atoms with Crippen LogP contribution in [0.25, 0.3) is 11.3 Å². The van der Waals surface area contributed by atoms with Gasteiger partial charge in [0, 0.05) is 46.9 Å². The average Bonchev–Trinajstić information content (AvgIpc) is 3.21. The molecule has 2 N–H and O–H groups in total. The number of hydrogen-bond acceptors (Lipinski definition) is 5. The fourth-order valence-electron chi connectivity index (χ4n) is 4.59. The molecule has 0 saturated carbocycles. The number of nitro benzene ring substituents is 1. The first-order valence-electron chi connectivity index (χ1n) is 10.5. The molecular weight excluding hydrogens is 392 g/mol. The molecule has 156 valence electrons. The van der Waals surface area contributed by atoms with Crippen LogP contribution >= 0.6 is 0 Å². The maximum absolute atomic E-state index is 13.0. The quantitative estimate of drug-likeness (QED) is 0.456. The minimum absolute atomic E-state index is 0.0365. The van der Waals surface area contributed by atoms with E-state index in [0.29, 0.717) is 12.2 Å². The van der Waals surface area contributed by atoms with Gasteiger partial charge in [0.25, 0.3) is 5.69 Å². The Labute approximate surface area is 179 Å². The van der Waals surface area contributed by atoms with Crippen molar-refractivity contribution in [3.8, 4) is 11.3 Å². The van der Waals surface area contributed by atoms with E-state index in [0.717, 1.165) is 52.9 Å². The van der Waals surface area contributed by atoms with Crippen molar-refractivity contribution in [2.24, 2.45) is 0 Å². The van der Waals surface area contributed by atoms with Crippen molar-refractivity contribution in [3.63, 3.8) is 0 Å². The van der Waals surface area contributed by atoms with Crippen molar-refractivity contribution in [2.45, 2.75) is 38.5 Å². The van der Waals surface area contributed by atoms with Gasteiger partial charge in [-0.1, -0.05) is 31.2 Å². The molecule has 0 spiro atoms. The zero-order chi connectivity index (χ0) is 21.5. The van der Waals surface area contributed by atoms with Crippen molar-refractivity contribution in [1.29, 1.82) is 0 Å². The molecule has 0 fully saturated rings. The summed E-state index contributed by atoms with van der Waals surface area (Å²) in [6.45, 7) is 2.12. The number of aromatic nitrogens is 2. The minimum atomic E-state index is -0.413. The maximum Gasteiger partial charge on any atom is 0.269 e. The second-order valence-corrected chi connectivity index (χ2v) is 7.99. The number of nitrogens with zero attached hydrogens (tertiary/aromatic N) is 2. The van der Waals surface area contributed by atoms with Gasteiger partial charge in [-0.3, -0.25) is 20.0 Å². The van der Waals surface area contributed by atoms with Gasteiger partial charge in [0.05, 0.1) is 10.6 Å². The lowest BCUT2D eigenvalue weighted by Crippen LogP contribution is -2.26. The highest BCUT2D eigenvalue weighted by Gasteiger charge is 2.38. The Morgan fingerprint density at radius 1 is 1.10 bits per heavy atom. The predicted molar refractivity (Wildman–Crippen MR) is 118 cm³/mol. The summed E-state index contributed by atoms with van der Waals surface area (Å²) in [5.74, 6) is 0.653. The zero-order valence-electron chi connectivity index (χ0n) is 17.1. The number of carbonyl (C=O) groups excluding carboxylic acids is 1. The molecule has 7 nitrogen and oxygen atoms in total. The SMILES string of the molecule is CCc1ccc([C@H]2C3=C(CCCC3=O)Nc3n[nH]c(-c4ccc([N+](=O)[O-])cc4)c32)cc1. The van der Waals surface area contributed by atoms with Crippen LogP contribution < -0.4 is 5.32 Å². The summed E-state index contributed by atoms with van der Waals surface area (Å²) in [6.07, 6.45) is 3.15. The molecular formula is C24H22N4O3. The van der Waals surface area contributed by atoms with E-state index in [2.05, 4.69) is 46.7 Å². The lowest BCUT2D eigenvalue weighted by Gasteiger charge is -2.32. The third kappa shape index (κ3) is 3.22. The molecule has 0 amide bonds. The van der Waals surface area contributed by atoms with Crippen LogP contribution in [0.4, 0.5) is 11.5 Å². The zero-order valence-corrected chi connectivity index (χ0v) is 17.1. The van der Waals surface area contributed by atoms with Crippen LogP contribution in [0.5, 0.6) is 0 Å². The molecule has 1 aromatic heterocycles. The molecule has 0 unspecified atom stereocenters. The van der Waals surface area contributed by atoms with Crippen LogP contribution in [0.15, 0.2) is 59.8 Å². The van der Waals surface area contributed by atoms with Crippen LogP contribution in [0.3, 0.4) is 0 Å². The largest absolute Gasteiger partial charge is 0.342 e. The van der Waals surface area contributed by atoms with E-state index in [4.69, 9.17) is 0 Å². The summed E-state index contributed by atoms with van der Waals surface area (Å²) in [4.78, 5) is 23.7. The Morgan fingerprint density at radius 2 is 1.84 bits per heavy atom. The first kappa shape index (κ1) is 19.2. The number of fused-ring (bicyclic) bond motifs is 1. The Bertz CT molecular complexity index is 1210. The molecule has 2 aliphatic rings. The number of ketones is 1. The number of carbonyl (C=O) groups is 1. The van der Waals surface area contributed by atoms with Gasteiger partial charge in [0.2, 0.25) is 0 Å². The monoisotopic (exact) mass is 414 g/mol. The summed E-state index contributed by atoms with van der Waals surface area (Å²) >= 11 is 0. The van der Waals surface area contributed by atoms with Crippen LogP contribution in [-0.4, -0.2) is 20.9 Å². The topological polar surface area (TPSA) is 101 Å². The van der Waals surface area contributed by atoms with E-state index < -0.39 is 4.92 Å². The molecule has 1 aliphatic heterocycles. The summed E-state index contributed by atoms with van der Waals surface area (Å²) in [5, 5.41) is 22.0. The van der Waals surface area contributed by atoms with Crippen molar-refractivity contribution >= 4 is 17.3 Å². The van der Waals surface area contributed by atoms with Gasteiger partial charge >= 0.3 is 0 Å². The average molecular weight is 414 g/mol. The lowest BCUT2D eigenvalue weighted by molar-refractivity contribution is -0.384. The van der Waals surface area contributed by atoms with Gasteiger partial charge in [-0.05, 0) is 42.5 Å². The second-order valence-electron chi connectivity index (χ2n) is 7.99. The Hall–Kier alpha value is -3.74. The number of aryl methyl sites for hydroxylation is 1. The van der Waals surface area contributed by atoms with Crippen LogP contribution in [-0.2, 0) is 11.2 Å². The highest BCUT2D eigenvalue weighted by Crippen LogP contribution is 2.48. The Morgan fingerprint density at radius 3 is 2.52 bits per heavy atom. The number of benzene rings is 2. The fourth-order valence-corrected chi connectivity index (χ4v) is 4.59. The van der Waals surface area contributed by atoms with Gasteiger partial charge in [0.1, 0.15) is 0 Å². The summed E-state index contributed by atoms with van der Waals surface area (Å²) < 4.78 is 0. The molecule has 0 bridgehead atoms. The van der Waals surface area contributed by atoms with Crippen LogP contribution in [0.1, 0.15) is 48.8 Å². The van der Waals surface area contributed by atoms with Crippen LogP contribution in [0.2, 0.25) is 0 Å². The molecule has 2 heterocycles. The highest BCUT2D eigenvalue weighted by molar-refractivity contribution is 6.01. The third-order valence-electron chi connectivity index (χ3n) is 6.19. The standard InChI is InChI=1S/C24H22N4O3/c1-2-14-6-8-15(9-7-14)20-21-18(4-3-5-19(21)29)25-24-22(20)23(26-27-24)16-10-12-17(13-11-16)28(30)31/h6-13,20H,2-5H2,1H3,(H2,25,26,27)/t20-/m0/s1. The third-order valence-corrected chi connectivity index (χ3v) is 6.19. The van der Waals surface area contributed by atoms with Crippen LogP contribution in [0, 0.1) is 10.1 Å². The van der Waals surface area contributed by atoms with E-state index in [1.165, 1.54) is 17.7 Å². The van der Waals surface area contributed by atoms with Crippen molar-refractivity contribution in [3.05, 3.63) is 86.6 Å². The molecule has 31 heavy (non-hydrogen) atoms. The summed E-state index contributed by atoms with van der Waals surface area (Å²) in [7, 11) is 0. The number of nitro groups is 1. The molecule has 0 radical (unpaired) electrons. The summed E-state index contributed by atoms with van der Waals surface area (Å²) in [6, 6.07) is 14.8. The van der Waals surface area contributed by atoms with E-state index >= 15 is 0 Å². The molecule has 1 aliphatic carbocycles. The van der Waals surface area contributed by atoms with Gasteiger partial charge in [-0.2, -0.15) is 5.10 Å². The smallest absolute Gasteiger partial charge is 0.269 e. The number of hydrogen-bond donors (Lipinski definition) is 2. The second kappa shape index (κ2) is 7.50. The van der Waals surface area contributed by atoms with Gasteiger partial charge in [0.15, 0.2) is 11.6 Å². The van der Waals surface area contributed by atoms with Crippen molar-refractivity contribution in [2.75, 3.05) is 5.32 Å². The first-order chi connectivity index (χ1) is 15.1. The molecule has 2 aromatic carbocycles. The normalized spacial score (nSPS) is 17.7. The first-order valence-corrected chi connectivity index (χ1v) is 10.5. The van der Waals surface area contributed by atoms with E-state index in [-0.39, 0.29) is 17.4 Å². The molecule has 0 saturated heterocycles. The Kier molecular flexibility index (Phi) is 4.66. The number of aromatic amines is 1. The number of H-pyrrole nitrogens is 1. The van der Waals surface area contributed by atoms with Crippen molar-refractivity contribution in [1.82, 2.24) is 10.2 Å². The fraction of sp³-hybridized carbons (Fsp3) is 0.250. The van der Waals surface area contributed by atoms with E-state index in [1.807, 2.05) is 0 Å². The van der Waals surface area contributed by atoms with Gasteiger partial charge < -0.3 is 5.32 Å². The molecule has 7 heteroatoms. The number of rotatable bonds is 4. The maximum atomic E-state index is 13.0.